The lowest BCUT2D eigenvalue weighted by Gasteiger charge is -2.08. The number of rotatable bonds is 5. The lowest BCUT2D eigenvalue weighted by atomic mass is 10.1. The fourth-order valence-corrected chi connectivity index (χ4v) is 1.15. The molecule has 0 aliphatic rings. The second-order valence-electron chi connectivity index (χ2n) is 3.08. The molecule has 1 rings (SSSR count). The van der Waals surface area contributed by atoms with Crippen LogP contribution in [-0.2, 0) is 11.2 Å². The van der Waals surface area contributed by atoms with Crippen LogP contribution in [0.5, 0.6) is 5.75 Å². The van der Waals surface area contributed by atoms with Gasteiger partial charge in [-0.3, -0.25) is 0 Å². The van der Waals surface area contributed by atoms with E-state index in [1.165, 1.54) is 12.1 Å². The van der Waals surface area contributed by atoms with Gasteiger partial charge in [0.1, 0.15) is 5.75 Å². The van der Waals surface area contributed by atoms with Crippen molar-refractivity contribution in [3.05, 3.63) is 40.3 Å². The molecule has 0 heterocycles. The summed E-state index contributed by atoms with van der Waals surface area (Å²) < 4.78 is 0. The zero-order valence-corrected chi connectivity index (χ0v) is 8.24. The first-order chi connectivity index (χ1) is 7.63. The van der Waals surface area contributed by atoms with E-state index < -0.39 is 12.0 Å². The highest BCUT2D eigenvalue weighted by Gasteiger charge is 2.19. The molecule has 7 nitrogen and oxygen atoms in total. The van der Waals surface area contributed by atoms with Gasteiger partial charge in [-0.1, -0.05) is 12.1 Å². The van der Waals surface area contributed by atoms with E-state index in [0.29, 0.717) is 5.56 Å². The highest BCUT2D eigenvalue weighted by Crippen LogP contribution is 2.11. The molecular formula is C9H10N4O3. The van der Waals surface area contributed by atoms with E-state index in [2.05, 4.69) is 15.6 Å². The van der Waals surface area contributed by atoms with Gasteiger partial charge in [0.25, 0.3) is 0 Å². The lowest BCUT2D eigenvalue weighted by Crippen LogP contribution is -2.34. The van der Waals surface area contributed by atoms with Crippen LogP contribution in [0.25, 0.3) is 10.4 Å². The van der Waals surface area contributed by atoms with Crippen LogP contribution >= 0.6 is 0 Å². The Bertz CT molecular complexity index is 411. The third kappa shape index (κ3) is 3.39. The smallest absolute Gasteiger partial charge is 0.349 e. The molecular weight excluding hydrogens is 212 g/mol. The molecule has 84 valence electrons. The van der Waals surface area contributed by atoms with E-state index >= 15 is 0 Å². The Labute approximate surface area is 90.9 Å². The Kier molecular flexibility index (Phi) is 3.99. The number of phenolic OH excluding ortho intramolecular Hbond substituents is 1. The molecule has 1 aromatic carbocycles. The van der Waals surface area contributed by atoms with Crippen LogP contribution in [0.3, 0.4) is 0 Å². The molecule has 0 bridgehead atoms. The molecule has 3 N–H and O–H groups in total. The standard InChI is InChI=1S/C9H10N4O3/c10-12-13-11-8(9(15)16)5-6-1-3-7(14)4-2-6/h1-4,8,11,14H,5H2,(H,15,16)/t8-/m0/s1. The normalized spacial score (nSPS) is 11.2. The Morgan fingerprint density at radius 1 is 1.50 bits per heavy atom. The molecule has 1 aromatic rings. The van der Waals surface area contributed by atoms with E-state index in [4.69, 9.17) is 15.7 Å². The van der Waals surface area contributed by atoms with Crippen LogP contribution in [0, 0.1) is 0 Å². The van der Waals surface area contributed by atoms with E-state index in [0.717, 1.165) is 0 Å². The van der Waals surface area contributed by atoms with Crippen LogP contribution in [-0.4, -0.2) is 22.2 Å². The maximum absolute atomic E-state index is 10.8. The molecule has 0 saturated heterocycles. The number of benzene rings is 1. The summed E-state index contributed by atoms with van der Waals surface area (Å²) in [5, 5.41) is 20.9. The van der Waals surface area contributed by atoms with Crippen molar-refractivity contribution in [1.29, 1.82) is 0 Å². The minimum atomic E-state index is -1.11. The van der Waals surface area contributed by atoms with Gasteiger partial charge in [-0.15, -0.1) is 5.53 Å². The van der Waals surface area contributed by atoms with Crippen molar-refractivity contribution in [2.75, 3.05) is 0 Å². The van der Waals surface area contributed by atoms with Crippen LogP contribution in [0.2, 0.25) is 0 Å². The Hall–Kier alpha value is -2.40. The number of aliphatic carboxylic acids is 1. The number of hydrogen-bond acceptors (Lipinski definition) is 3. The zero-order chi connectivity index (χ0) is 12.0. The fourth-order valence-electron chi connectivity index (χ4n) is 1.15. The molecule has 1 atom stereocenters. The topological polar surface area (TPSA) is 118 Å². The molecule has 16 heavy (non-hydrogen) atoms. The van der Waals surface area contributed by atoms with Crippen LogP contribution < -0.4 is 5.43 Å². The van der Waals surface area contributed by atoms with Crippen LogP contribution in [0.1, 0.15) is 5.56 Å². The second kappa shape index (κ2) is 5.47. The molecule has 0 aromatic heterocycles. The predicted octanol–water partition coefficient (Wildman–Crippen LogP) is 1.20. The quantitative estimate of drug-likeness (QED) is 0.300. The monoisotopic (exact) mass is 222 g/mol. The number of hydrogen-bond donors (Lipinski definition) is 3. The van der Waals surface area contributed by atoms with Gasteiger partial charge >= 0.3 is 5.97 Å². The Balaban J connectivity index is 2.71. The molecule has 0 radical (unpaired) electrons. The largest absolute Gasteiger partial charge is 0.508 e. The summed E-state index contributed by atoms with van der Waals surface area (Å²) in [5.41, 5.74) is 11.0. The van der Waals surface area contributed by atoms with Gasteiger partial charge in [-0.05, 0) is 22.9 Å². The van der Waals surface area contributed by atoms with Gasteiger partial charge in [0.15, 0.2) is 6.04 Å². The molecule has 0 unspecified atom stereocenters. The van der Waals surface area contributed by atoms with Crippen molar-refractivity contribution in [1.82, 2.24) is 5.43 Å². The molecule has 0 amide bonds. The van der Waals surface area contributed by atoms with Crippen molar-refractivity contribution in [2.24, 2.45) is 5.22 Å². The summed E-state index contributed by atoms with van der Waals surface area (Å²) in [6, 6.07) is 5.14. The average Bonchev–Trinajstić information content (AvgIpc) is 2.26. The number of aromatic hydroxyl groups is 1. The summed E-state index contributed by atoms with van der Waals surface area (Å²) in [6.45, 7) is 0. The number of carboxylic acids is 1. The summed E-state index contributed by atoms with van der Waals surface area (Å²) in [6.07, 6.45) is 0.161. The number of nitrogens with one attached hydrogen (secondary N) is 1. The van der Waals surface area contributed by atoms with Gasteiger partial charge in [0.05, 0.1) is 0 Å². The number of nitrogens with zero attached hydrogens (tertiary/aromatic N) is 3. The SMILES string of the molecule is [N-]=[N+]=NN[C@@H](Cc1ccc(O)cc1)C(=O)O. The minimum Gasteiger partial charge on any atom is -0.508 e. The molecule has 0 aliphatic heterocycles. The maximum atomic E-state index is 10.8. The number of phenols is 1. The van der Waals surface area contributed by atoms with Crippen molar-refractivity contribution < 1.29 is 15.0 Å². The summed E-state index contributed by atoms with van der Waals surface area (Å²) in [7, 11) is 0. The zero-order valence-electron chi connectivity index (χ0n) is 8.24. The third-order valence-corrected chi connectivity index (χ3v) is 1.93. The van der Waals surface area contributed by atoms with E-state index in [1.54, 1.807) is 12.1 Å². The lowest BCUT2D eigenvalue weighted by molar-refractivity contribution is -0.139. The number of carboxylic acid groups (broad SMARTS) is 1. The van der Waals surface area contributed by atoms with Gasteiger partial charge in [-0.2, -0.15) is 4.91 Å². The predicted molar refractivity (Wildman–Crippen MR) is 55.5 cm³/mol. The van der Waals surface area contributed by atoms with E-state index in [1.807, 2.05) is 0 Å². The van der Waals surface area contributed by atoms with Gasteiger partial charge in [0.2, 0.25) is 0 Å². The van der Waals surface area contributed by atoms with Gasteiger partial charge in [0, 0.05) is 6.42 Å². The van der Waals surface area contributed by atoms with Gasteiger partial charge in [-0.25, -0.2) is 10.2 Å². The summed E-state index contributed by atoms with van der Waals surface area (Å²) >= 11 is 0. The van der Waals surface area contributed by atoms with Crippen molar-refractivity contribution in [2.45, 2.75) is 12.5 Å². The van der Waals surface area contributed by atoms with Crippen LogP contribution in [0.15, 0.2) is 29.5 Å². The number of carbonyl (C=O) groups is 1. The first-order valence-electron chi connectivity index (χ1n) is 4.44. The van der Waals surface area contributed by atoms with Crippen LogP contribution in [0.4, 0.5) is 0 Å². The minimum absolute atomic E-state index is 0.110. The Morgan fingerprint density at radius 3 is 2.62 bits per heavy atom. The molecule has 0 fully saturated rings. The van der Waals surface area contributed by atoms with Gasteiger partial charge < -0.3 is 10.2 Å². The number of azide groups is 1. The molecule has 0 aliphatic carbocycles. The molecule has 7 heteroatoms. The third-order valence-electron chi connectivity index (χ3n) is 1.93. The maximum Gasteiger partial charge on any atom is 0.349 e. The average molecular weight is 222 g/mol. The molecule has 0 saturated carbocycles. The molecule has 0 spiro atoms. The second-order valence-corrected chi connectivity index (χ2v) is 3.08. The van der Waals surface area contributed by atoms with Crippen molar-refractivity contribution in [3.63, 3.8) is 0 Å². The summed E-state index contributed by atoms with van der Waals surface area (Å²) in [5.74, 6) is -1.00. The highest BCUT2D eigenvalue weighted by molar-refractivity contribution is 5.73. The highest BCUT2D eigenvalue weighted by atomic mass is 16.4. The Morgan fingerprint density at radius 2 is 2.12 bits per heavy atom. The van der Waals surface area contributed by atoms with E-state index in [-0.39, 0.29) is 12.2 Å². The summed E-state index contributed by atoms with van der Waals surface area (Å²) in [4.78, 5) is 13.2. The fraction of sp³-hybridized carbons (Fsp3) is 0.222. The van der Waals surface area contributed by atoms with E-state index in [9.17, 15) is 4.79 Å². The van der Waals surface area contributed by atoms with Crippen molar-refractivity contribution >= 4 is 5.97 Å². The first-order valence-corrected chi connectivity index (χ1v) is 4.44. The van der Waals surface area contributed by atoms with Crippen molar-refractivity contribution in [3.8, 4) is 5.75 Å². The first kappa shape index (κ1) is 11.7.